The lowest BCUT2D eigenvalue weighted by Crippen LogP contribution is -2.29. The van der Waals surface area contributed by atoms with Gasteiger partial charge in [0.2, 0.25) is 0 Å². The van der Waals surface area contributed by atoms with Gasteiger partial charge in [-0.05, 0) is 18.1 Å². The summed E-state index contributed by atoms with van der Waals surface area (Å²) in [6.45, 7) is 0.702. The van der Waals surface area contributed by atoms with Gasteiger partial charge in [0.05, 0.1) is 12.4 Å². The molecule has 1 amide bonds. The first-order valence-electron chi connectivity index (χ1n) is 6.19. The molecule has 1 aliphatic rings. The molecular weight excluding hydrogens is 240 g/mol. The largest absolute Gasteiger partial charge is 0.372 e. The number of hydrogen-bond donors (Lipinski definition) is 1. The van der Waals surface area contributed by atoms with Crippen molar-refractivity contribution < 1.29 is 4.79 Å². The standard InChI is InChI=1S/C14H14N4O/c1-15-13-9-16-11(8-17-13)14(19)18-7-6-10-4-2-3-5-12(10)18/h2-5,8-9H,6-7H2,1H3,(H,15,17). The van der Waals surface area contributed by atoms with E-state index in [1.807, 2.05) is 18.2 Å². The molecule has 5 nitrogen and oxygen atoms in total. The van der Waals surface area contributed by atoms with Gasteiger partial charge < -0.3 is 10.2 Å². The highest BCUT2D eigenvalue weighted by Gasteiger charge is 2.25. The second-order valence-electron chi connectivity index (χ2n) is 4.37. The summed E-state index contributed by atoms with van der Waals surface area (Å²) in [5.41, 5.74) is 2.55. The minimum atomic E-state index is -0.0971. The molecule has 19 heavy (non-hydrogen) atoms. The lowest BCUT2D eigenvalue weighted by molar-refractivity contribution is 0.0984. The number of anilines is 2. The third-order valence-electron chi connectivity index (χ3n) is 3.26. The van der Waals surface area contributed by atoms with Crippen LogP contribution in [0.15, 0.2) is 36.7 Å². The highest BCUT2D eigenvalue weighted by molar-refractivity contribution is 6.05. The summed E-state index contributed by atoms with van der Waals surface area (Å²) in [6.07, 6.45) is 3.97. The molecule has 0 saturated carbocycles. The summed E-state index contributed by atoms with van der Waals surface area (Å²) in [6, 6.07) is 7.96. The van der Waals surface area contributed by atoms with Crippen molar-refractivity contribution in [3.8, 4) is 0 Å². The Morgan fingerprint density at radius 1 is 1.26 bits per heavy atom. The minimum absolute atomic E-state index is 0.0971. The summed E-state index contributed by atoms with van der Waals surface area (Å²) < 4.78 is 0. The summed E-state index contributed by atoms with van der Waals surface area (Å²) in [5, 5.41) is 2.88. The van der Waals surface area contributed by atoms with Crippen LogP contribution in [0.1, 0.15) is 16.1 Å². The Balaban J connectivity index is 1.89. The van der Waals surface area contributed by atoms with E-state index in [0.29, 0.717) is 18.1 Å². The Morgan fingerprint density at radius 3 is 2.84 bits per heavy atom. The zero-order valence-corrected chi connectivity index (χ0v) is 10.6. The van der Waals surface area contributed by atoms with E-state index in [9.17, 15) is 4.79 Å². The molecule has 0 atom stereocenters. The number of hydrogen-bond acceptors (Lipinski definition) is 4. The smallest absolute Gasteiger partial charge is 0.278 e. The van der Waals surface area contributed by atoms with Gasteiger partial charge in [-0.15, -0.1) is 0 Å². The summed E-state index contributed by atoms with van der Waals surface area (Å²) in [7, 11) is 1.77. The maximum Gasteiger partial charge on any atom is 0.278 e. The minimum Gasteiger partial charge on any atom is -0.372 e. The third kappa shape index (κ3) is 2.03. The second kappa shape index (κ2) is 4.68. The van der Waals surface area contributed by atoms with E-state index in [0.717, 1.165) is 12.1 Å². The van der Waals surface area contributed by atoms with Gasteiger partial charge in [0.1, 0.15) is 11.5 Å². The van der Waals surface area contributed by atoms with Gasteiger partial charge >= 0.3 is 0 Å². The number of amides is 1. The van der Waals surface area contributed by atoms with Crippen molar-refractivity contribution >= 4 is 17.4 Å². The van der Waals surface area contributed by atoms with Crippen LogP contribution < -0.4 is 10.2 Å². The van der Waals surface area contributed by atoms with E-state index in [4.69, 9.17) is 0 Å². The number of nitrogens with one attached hydrogen (secondary N) is 1. The van der Waals surface area contributed by atoms with Crippen molar-refractivity contribution in [2.45, 2.75) is 6.42 Å². The molecule has 2 aromatic rings. The predicted octanol–water partition coefficient (Wildman–Crippen LogP) is 1.72. The van der Waals surface area contributed by atoms with E-state index in [2.05, 4.69) is 21.4 Å². The van der Waals surface area contributed by atoms with Crippen LogP contribution in [-0.2, 0) is 6.42 Å². The van der Waals surface area contributed by atoms with Crippen molar-refractivity contribution in [1.82, 2.24) is 9.97 Å². The SMILES string of the molecule is CNc1cnc(C(=O)N2CCc3ccccc32)cn1. The molecule has 1 aliphatic heterocycles. The number of carbonyl (C=O) groups is 1. The zero-order chi connectivity index (χ0) is 13.2. The van der Waals surface area contributed by atoms with Crippen molar-refractivity contribution in [2.24, 2.45) is 0 Å². The number of nitrogens with zero attached hydrogens (tertiary/aromatic N) is 3. The topological polar surface area (TPSA) is 58.1 Å². The van der Waals surface area contributed by atoms with Gasteiger partial charge in [-0.2, -0.15) is 0 Å². The normalized spacial score (nSPS) is 13.2. The maximum absolute atomic E-state index is 12.4. The summed E-state index contributed by atoms with van der Waals surface area (Å²) >= 11 is 0. The molecule has 0 radical (unpaired) electrons. The molecule has 3 rings (SSSR count). The summed E-state index contributed by atoms with van der Waals surface area (Å²) in [4.78, 5) is 22.4. The third-order valence-corrected chi connectivity index (χ3v) is 3.26. The van der Waals surface area contributed by atoms with Crippen molar-refractivity contribution in [3.05, 3.63) is 47.9 Å². The van der Waals surface area contributed by atoms with E-state index in [1.54, 1.807) is 18.1 Å². The van der Waals surface area contributed by atoms with Gasteiger partial charge in [-0.25, -0.2) is 9.97 Å². The first-order valence-corrected chi connectivity index (χ1v) is 6.19. The summed E-state index contributed by atoms with van der Waals surface area (Å²) in [5.74, 6) is 0.554. The molecule has 0 unspecified atom stereocenters. The van der Waals surface area contributed by atoms with Crippen LogP contribution in [0.2, 0.25) is 0 Å². The number of para-hydroxylation sites is 1. The van der Waals surface area contributed by atoms with E-state index >= 15 is 0 Å². The molecule has 1 aromatic heterocycles. The van der Waals surface area contributed by atoms with E-state index < -0.39 is 0 Å². The molecule has 5 heteroatoms. The van der Waals surface area contributed by atoms with Gasteiger partial charge in [0.25, 0.3) is 5.91 Å². The molecule has 0 fully saturated rings. The number of benzene rings is 1. The fourth-order valence-corrected chi connectivity index (χ4v) is 2.26. The first kappa shape index (κ1) is 11.6. The van der Waals surface area contributed by atoms with Gasteiger partial charge in [0, 0.05) is 19.3 Å². The molecule has 0 aliphatic carbocycles. The quantitative estimate of drug-likeness (QED) is 0.886. The lowest BCUT2D eigenvalue weighted by Gasteiger charge is -2.16. The van der Waals surface area contributed by atoms with Crippen LogP contribution >= 0.6 is 0 Å². The van der Waals surface area contributed by atoms with Crippen LogP contribution in [0.4, 0.5) is 11.5 Å². The van der Waals surface area contributed by atoms with Crippen molar-refractivity contribution in [2.75, 3.05) is 23.8 Å². The number of fused-ring (bicyclic) bond motifs is 1. The van der Waals surface area contributed by atoms with E-state index in [-0.39, 0.29) is 5.91 Å². The zero-order valence-electron chi connectivity index (χ0n) is 10.6. The molecule has 0 bridgehead atoms. The fraction of sp³-hybridized carbons (Fsp3) is 0.214. The van der Waals surface area contributed by atoms with Crippen LogP contribution in [0, 0.1) is 0 Å². The average Bonchev–Trinajstić information content (AvgIpc) is 2.90. The average molecular weight is 254 g/mol. The highest BCUT2D eigenvalue weighted by Crippen LogP contribution is 2.28. The molecule has 0 saturated heterocycles. The van der Waals surface area contributed by atoms with Crippen LogP contribution in [0.25, 0.3) is 0 Å². The maximum atomic E-state index is 12.4. The highest BCUT2D eigenvalue weighted by atomic mass is 16.2. The number of aromatic nitrogens is 2. The molecular formula is C14H14N4O. The second-order valence-corrected chi connectivity index (χ2v) is 4.37. The number of rotatable bonds is 2. The Hall–Kier alpha value is -2.43. The number of carbonyl (C=O) groups excluding carboxylic acids is 1. The van der Waals surface area contributed by atoms with Gasteiger partial charge in [-0.3, -0.25) is 4.79 Å². The Bertz CT molecular complexity index is 609. The van der Waals surface area contributed by atoms with Crippen LogP contribution in [0.3, 0.4) is 0 Å². The van der Waals surface area contributed by atoms with Crippen LogP contribution in [-0.4, -0.2) is 29.5 Å². The lowest BCUT2D eigenvalue weighted by atomic mass is 10.2. The monoisotopic (exact) mass is 254 g/mol. The molecule has 0 spiro atoms. The Morgan fingerprint density at radius 2 is 2.11 bits per heavy atom. The fourth-order valence-electron chi connectivity index (χ4n) is 2.26. The molecule has 1 N–H and O–H groups in total. The van der Waals surface area contributed by atoms with Crippen LogP contribution in [0.5, 0.6) is 0 Å². The Kier molecular flexibility index (Phi) is 2.87. The molecule has 1 aromatic carbocycles. The van der Waals surface area contributed by atoms with Gasteiger partial charge in [-0.1, -0.05) is 18.2 Å². The van der Waals surface area contributed by atoms with E-state index in [1.165, 1.54) is 11.8 Å². The first-order chi connectivity index (χ1) is 9.29. The molecule has 96 valence electrons. The van der Waals surface area contributed by atoms with Crippen molar-refractivity contribution in [1.29, 1.82) is 0 Å². The Labute approximate surface area is 111 Å². The predicted molar refractivity (Wildman–Crippen MR) is 73.4 cm³/mol. The molecule has 2 heterocycles. The van der Waals surface area contributed by atoms with Crippen molar-refractivity contribution in [3.63, 3.8) is 0 Å². The van der Waals surface area contributed by atoms with Gasteiger partial charge in [0.15, 0.2) is 0 Å².